The lowest BCUT2D eigenvalue weighted by atomic mass is 10.0. The molecule has 0 unspecified atom stereocenters. The van der Waals surface area contributed by atoms with Crippen molar-refractivity contribution in [2.75, 3.05) is 18.6 Å². The molecular formula is C26H32N4O4S. The van der Waals surface area contributed by atoms with Crippen LogP contribution in [0.15, 0.2) is 30.3 Å². The lowest BCUT2D eigenvalue weighted by Crippen LogP contribution is -2.34. The summed E-state index contributed by atoms with van der Waals surface area (Å²) in [6.45, 7) is 1.86. The maximum Gasteiger partial charge on any atom is 0.252 e. The van der Waals surface area contributed by atoms with Gasteiger partial charge in [0.2, 0.25) is 0 Å². The van der Waals surface area contributed by atoms with E-state index in [4.69, 9.17) is 14.8 Å². The van der Waals surface area contributed by atoms with Gasteiger partial charge in [0, 0.05) is 11.6 Å². The number of aromatic nitrogens is 3. The number of fused-ring (bicyclic) bond motifs is 1. The summed E-state index contributed by atoms with van der Waals surface area (Å²) in [7, 11) is -1.49. The molecule has 0 radical (unpaired) electrons. The Labute approximate surface area is 206 Å². The molecule has 0 bridgehead atoms. The van der Waals surface area contributed by atoms with E-state index in [1.54, 1.807) is 11.8 Å². The number of hydrogen-bond acceptors (Lipinski definition) is 6. The Kier molecular flexibility index (Phi) is 6.53. The number of methoxy groups -OCH3 is 1. The van der Waals surface area contributed by atoms with Crippen LogP contribution in [0.3, 0.4) is 0 Å². The molecule has 35 heavy (non-hydrogen) atoms. The molecule has 1 aliphatic carbocycles. The van der Waals surface area contributed by atoms with Crippen molar-refractivity contribution in [2.45, 2.75) is 64.0 Å². The predicted octanol–water partition coefficient (Wildman–Crippen LogP) is 4.23. The second-order valence-electron chi connectivity index (χ2n) is 9.73. The molecule has 5 rings (SSSR count). The molecule has 3 aromatic rings. The standard InChI is InChI=1S/C26H32N4O4S/c1-17-24-22(26(31)27-19-7-5-3-4-6-8-19)15-23(18-9-11-21(34-2)12-10-18)28-25(24)30(29-17)20-13-14-35(32,33)16-20/h9-12,15,19-20H,3-8,13-14,16H2,1-2H3,(H,27,31)/t20-/m1/s1. The molecule has 1 amide bonds. The number of pyridine rings is 1. The first-order valence-corrected chi connectivity index (χ1v) is 14.2. The first kappa shape index (κ1) is 23.8. The number of ether oxygens (including phenoxy) is 1. The highest BCUT2D eigenvalue weighted by Crippen LogP contribution is 2.32. The fraction of sp³-hybridized carbons (Fsp3) is 0.500. The van der Waals surface area contributed by atoms with Crippen LogP contribution >= 0.6 is 0 Å². The lowest BCUT2D eigenvalue weighted by Gasteiger charge is -2.17. The van der Waals surface area contributed by atoms with E-state index in [1.165, 1.54) is 12.8 Å². The molecule has 0 spiro atoms. The maximum atomic E-state index is 13.6. The summed E-state index contributed by atoms with van der Waals surface area (Å²) >= 11 is 0. The summed E-state index contributed by atoms with van der Waals surface area (Å²) in [6, 6.07) is 9.25. The number of nitrogens with zero attached hydrogens (tertiary/aromatic N) is 3. The number of benzene rings is 1. The van der Waals surface area contributed by atoms with E-state index < -0.39 is 9.84 Å². The van der Waals surface area contributed by atoms with E-state index in [1.807, 2.05) is 37.3 Å². The van der Waals surface area contributed by atoms with Crippen LogP contribution in [0.2, 0.25) is 0 Å². The number of carbonyl (C=O) groups is 1. The summed E-state index contributed by atoms with van der Waals surface area (Å²) in [5, 5.41) is 8.65. The average Bonchev–Trinajstić information content (AvgIpc) is 3.26. The molecular weight excluding hydrogens is 464 g/mol. The Morgan fingerprint density at radius 3 is 2.43 bits per heavy atom. The average molecular weight is 497 g/mol. The van der Waals surface area contributed by atoms with Crippen molar-refractivity contribution in [3.63, 3.8) is 0 Å². The zero-order valence-corrected chi connectivity index (χ0v) is 21.1. The Morgan fingerprint density at radius 2 is 1.80 bits per heavy atom. The summed E-state index contributed by atoms with van der Waals surface area (Å²) < 4.78 is 31.4. The van der Waals surface area contributed by atoms with Crippen molar-refractivity contribution < 1.29 is 17.9 Å². The van der Waals surface area contributed by atoms with E-state index in [9.17, 15) is 13.2 Å². The van der Waals surface area contributed by atoms with Crippen LogP contribution in [-0.2, 0) is 9.84 Å². The topological polar surface area (TPSA) is 103 Å². The SMILES string of the molecule is COc1ccc(-c2cc(C(=O)NC3CCCCCC3)c3c(C)nn([C@@H]4CCS(=O)(=O)C4)c3n2)cc1. The number of hydrogen-bond donors (Lipinski definition) is 1. The minimum Gasteiger partial charge on any atom is -0.497 e. The Balaban J connectivity index is 1.61. The molecule has 2 fully saturated rings. The quantitative estimate of drug-likeness (QED) is 0.531. The van der Waals surface area contributed by atoms with Crippen LogP contribution in [0.5, 0.6) is 5.75 Å². The highest BCUT2D eigenvalue weighted by molar-refractivity contribution is 7.91. The van der Waals surface area contributed by atoms with Crippen molar-refractivity contribution >= 4 is 26.8 Å². The molecule has 3 heterocycles. The molecule has 2 aromatic heterocycles. The van der Waals surface area contributed by atoms with Gasteiger partial charge in [-0.1, -0.05) is 25.7 Å². The fourth-order valence-electron chi connectivity index (χ4n) is 5.31. The van der Waals surface area contributed by atoms with E-state index >= 15 is 0 Å². The third-order valence-corrected chi connectivity index (χ3v) is 8.96. The van der Waals surface area contributed by atoms with Crippen molar-refractivity contribution in [2.24, 2.45) is 0 Å². The third-order valence-electron chi connectivity index (χ3n) is 7.21. The normalized spacial score (nSPS) is 20.6. The minimum atomic E-state index is -3.10. The number of carbonyl (C=O) groups excluding carboxylic acids is 1. The smallest absolute Gasteiger partial charge is 0.252 e. The second-order valence-corrected chi connectivity index (χ2v) is 12.0. The van der Waals surface area contributed by atoms with E-state index in [0.717, 1.165) is 37.0 Å². The van der Waals surface area contributed by atoms with Crippen LogP contribution < -0.4 is 10.1 Å². The molecule has 1 aromatic carbocycles. The monoisotopic (exact) mass is 496 g/mol. The first-order valence-electron chi connectivity index (χ1n) is 12.4. The zero-order valence-electron chi connectivity index (χ0n) is 20.3. The van der Waals surface area contributed by atoms with Gasteiger partial charge in [0.05, 0.1) is 47.0 Å². The van der Waals surface area contributed by atoms with Crippen LogP contribution in [-0.4, -0.2) is 53.7 Å². The predicted molar refractivity (Wildman–Crippen MR) is 136 cm³/mol. The lowest BCUT2D eigenvalue weighted by molar-refractivity contribution is 0.0935. The molecule has 186 valence electrons. The summed E-state index contributed by atoms with van der Waals surface area (Å²) in [6.07, 6.45) is 7.15. The van der Waals surface area contributed by atoms with Crippen molar-refractivity contribution in [1.29, 1.82) is 0 Å². The molecule has 1 N–H and O–H groups in total. The third kappa shape index (κ3) is 4.91. The number of amides is 1. The summed E-state index contributed by atoms with van der Waals surface area (Å²) in [5.74, 6) is 0.797. The van der Waals surface area contributed by atoms with Gasteiger partial charge in [-0.2, -0.15) is 5.10 Å². The molecule has 1 saturated heterocycles. The largest absolute Gasteiger partial charge is 0.497 e. The number of sulfone groups is 1. The number of nitrogens with one attached hydrogen (secondary N) is 1. The molecule has 2 aliphatic rings. The first-order chi connectivity index (χ1) is 16.8. The van der Waals surface area contributed by atoms with E-state index in [0.29, 0.717) is 34.4 Å². The summed E-state index contributed by atoms with van der Waals surface area (Å²) in [5.41, 5.74) is 3.27. The van der Waals surface area contributed by atoms with Crippen LogP contribution in [0.25, 0.3) is 22.3 Å². The van der Waals surface area contributed by atoms with Gasteiger partial charge in [0.1, 0.15) is 5.75 Å². The molecule has 9 heteroatoms. The van der Waals surface area contributed by atoms with Crippen molar-refractivity contribution in [3.05, 3.63) is 41.6 Å². The molecule has 8 nitrogen and oxygen atoms in total. The van der Waals surface area contributed by atoms with Gasteiger partial charge in [0.25, 0.3) is 5.91 Å². The Morgan fingerprint density at radius 1 is 1.09 bits per heavy atom. The van der Waals surface area contributed by atoms with Crippen molar-refractivity contribution in [3.8, 4) is 17.0 Å². The van der Waals surface area contributed by atoms with E-state index in [-0.39, 0.29) is 29.5 Å². The molecule has 1 saturated carbocycles. The van der Waals surface area contributed by atoms with Crippen LogP contribution in [0.4, 0.5) is 0 Å². The highest BCUT2D eigenvalue weighted by Gasteiger charge is 2.32. The van der Waals surface area contributed by atoms with Crippen LogP contribution in [0.1, 0.15) is 67.0 Å². The Bertz CT molecular complexity index is 1340. The Hall–Kier alpha value is -2.94. The van der Waals surface area contributed by atoms with Crippen LogP contribution in [0, 0.1) is 6.92 Å². The van der Waals surface area contributed by atoms with Gasteiger partial charge < -0.3 is 10.1 Å². The van der Waals surface area contributed by atoms with E-state index in [2.05, 4.69) is 5.32 Å². The fourth-order valence-corrected chi connectivity index (χ4v) is 7.00. The minimum absolute atomic E-state index is 0.0429. The zero-order chi connectivity index (χ0) is 24.6. The van der Waals surface area contributed by atoms with Gasteiger partial charge in [-0.25, -0.2) is 18.1 Å². The maximum absolute atomic E-state index is 13.6. The second kappa shape index (κ2) is 9.60. The van der Waals surface area contributed by atoms with Gasteiger partial charge in [-0.05, 0) is 56.5 Å². The van der Waals surface area contributed by atoms with Gasteiger partial charge in [-0.15, -0.1) is 0 Å². The highest BCUT2D eigenvalue weighted by atomic mass is 32.2. The number of aryl methyl sites for hydroxylation is 1. The van der Waals surface area contributed by atoms with Gasteiger partial charge in [0.15, 0.2) is 15.5 Å². The molecule has 1 aliphatic heterocycles. The number of rotatable bonds is 5. The summed E-state index contributed by atoms with van der Waals surface area (Å²) in [4.78, 5) is 18.5. The van der Waals surface area contributed by atoms with Gasteiger partial charge in [-0.3, -0.25) is 4.79 Å². The van der Waals surface area contributed by atoms with Gasteiger partial charge >= 0.3 is 0 Å². The molecule has 1 atom stereocenters. The van der Waals surface area contributed by atoms with Crippen molar-refractivity contribution in [1.82, 2.24) is 20.1 Å².